The minimum atomic E-state index is -0.0862. The Hall–Kier alpha value is -0.930. The molecule has 1 heterocycles. The summed E-state index contributed by atoms with van der Waals surface area (Å²) in [7, 11) is 0. The largest absolute Gasteiger partial charge is 0.311 e. The highest BCUT2D eigenvalue weighted by molar-refractivity contribution is 5.18. The Bertz CT molecular complexity index is 386. The molecule has 1 aromatic carbocycles. The van der Waals surface area contributed by atoms with E-state index < -0.39 is 0 Å². The number of hydrogen-bond donors (Lipinski definition) is 1. The van der Waals surface area contributed by atoms with Gasteiger partial charge in [-0.2, -0.15) is 0 Å². The first-order chi connectivity index (χ1) is 9.19. The smallest absolute Gasteiger partial charge is 0.126 e. The van der Waals surface area contributed by atoms with E-state index >= 15 is 0 Å². The second kappa shape index (κ2) is 7.01. The summed E-state index contributed by atoms with van der Waals surface area (Å²) in [6.07, 6.45) is 3.17. The molecule has 1 saturated heterocycles. The molecule has 0 spiro atoms. The van der Waals surface area contributed by atoms with Crippen LogP contribution in [0.15, 0.2) is 24.3 Å². The van der Waals surface area contributed by atoms with E-state index in [4.69, 9.17) is 0 Å². The fraction of sp³-hybridized carbons (Fsp3) is 0.625. The minimum absolute atomic E-state index is 0.0862. The van der Waals surface area contributed by atoms with Gasteiger partial charge in [0, 0.05) is 12.1 Å². The molecule has 1 fully saturated rings. The van der Waals surface area contributed by atoms with Crippen LogP contribution in [0.4, 0.5) is 4.39 Å². The number of halogens is 1. The normalized spacial score (nSPS) is 19.5. The van der Waals surface area contributed by atoms with Gasteiger partial charge >= 0.3 is 0 Å². The summed E-state index contributed by atoms with van der Waals surface area (Å²) >= 11 is 0. The Morgan fingerprint density at radius 3 is 2.63 bits per heavy atom. The summed E-state index contributed by atoms with van der Waals surface area (Å²) in [4.78, 5) is 2.49. The van der Waals surface area contributed by atoms with Crippen molar-refractivity contribution in [2.24, 2.45) is 0 Å². The molecule has 19 heavy (non-hydrogen) atoms. The van der Waals surface area contributed by atoms with Crippen LogP contribution in [0.1, 0.15) is 32.3 Å². The molecule has 0 bridgehead atoms. The Labute approximate surface area is 116 Å². The number of likely N-dealkylation sites (tertiary alicyclic amines) is 1. The molecule has 2 rings (SSSR count). The maximum absolute atomic E-state index is 13.6. The van der Waals surface area contributed by atoms with Gasteiger partial charge in [-0.1, -0.05) is 25.1 Å². The van der Waals surface area contributed by atoms with Gasteiger partial charge in [0.05, 0.1) is 0 Å². The Balaban J connectivity index is 1.79. The third-order valence-electron chi connectivity index (χ3n) is 4.04. The van der Waals surface area contributed by atoms with Gasteiger partial charge in [-0.3, -0.25) is 0 Å². The molecule has 1 unspecified atom stereocenters. The summed E-state index contributed by atoms with van der Waals surface area (Å²) in [6.45, 7) is 7.88. The van der Waals surface area contributed by atoms with Gasteiger partial charge in [-0.05, 0) is 57.5 Å². The van der Waals surface area contributed by atoms with Crippen molar-refractivity contribution in [2.75, 3.05) is 19.6 Å². The molecular weight excluding hydrogens is 239 g/mol. The van der Waals surface area contributed by atoms with Crippen molar-refractivity contribution in [2.45, 2.75) is 45.2 Å². The van der Waals surface area contributed by atoms with Crippen LogP contribution in [0, 0.1) is 5.82 Å². The summed E-state index contributed by atoms with van der Waals surface area (Å²) in [6, 6.07) is 8.00. The molecule has 106 valence electrons. The van der Waals surface area contributed by atoms with E-state index in [2.05, 4.69) is 24.1 Å². The highest BCUT2D eigenvalue weighted by atomic mass is 19.1. The fourth-order valence-corrected chi connectivity index (χ4v) is 2.87. The number of rotatable bonds is 5. The average Bonchev–Trinajstić information content (AvgIpc) is 2.42. The SMILES string of the molecule is CCN1CCC(NC(C)Cc2ccccc2F)CC1. The molecule has 0 aliphatic carbocycles. The molecular formula is C16H25FN2. The number of benzene rings is 1. The molecule has 1 aromatic rings. The molecule has 2 nitrogen and oxygen atoms in total. The van der Waals surface area contributed by atoms with E-state index in [-0.39, 0.29) is 5.82 Å². The van der Waals surface area contributed by atoms with E-state index in [0.717, 1.165) is 18.5 Å². The Morgan fingerprint density at radius 1 is 1.32 bits per heavy atom. The standard InChI is InChI=1S/C16H25FN2/c1-3-19-10-8-15(9-11-19)18-13(2)12-14-6-4-5-7-16(14)17/h4-7,13,15,18H,3,8-12H2,1-2H3. The third kappa shape index (κ3) is 4.29. The average molecular weight is 264 g/mol. The van der Waals surface area contributed by atoms with E-state index in [1.165, 1.54) is 25.9 Å². The summed E-state index contributed by atoms with van der Waals surface area (Å²) < 4.78 is 13.6. The molecule has 0 amide bonds. The van der Waals surface area contributed by atoms with Crippen LogP contribution in [0.3, 0.4) is 0 Å². The van der Waals surface area contributed by atoms with Crippen molar-refractivity contribution in [1.82, 2.24) is 10.2 Å². The van der Waals surface area contributed by atoms with Gasteiger partial charge in [0.15, 0.2) is 0 Å². The van der Waals surface area contributed by atoms with Crippen LogP contribution in [0.25, 0.3) is 0 Å². The van der Waals surface area contributed by atoms with Gasteiger partial charge in [0.25, 0.3) is 0 Å². The fourth-order valence-electron chi connectivity index (χ4n) is 2.87. The molecule has 0 aromatic heterocycles. The third-order valence-corrected chi connectivity index (χ3v) is 4.04. The van der Waals surface area contributed by atoms with Crippen LogP contribution in [0.2, 0.25) is 0 Å². The zero-order valence-corrected chi connectivity index (χ0v) is 12.0. The summed E-state index contributed by atoms with van der Waals surface area (Å²) in [5, 5.41) is 3.65. The molecule has 1 aliphatic rings. The van der Waals surface area contributed by atoms with Crippen molar-refractivity contribution in [3.8, 4) is 0 Å². The predicted octanol–water partition coefficient (Wildman–Crippen LogP) is 2.83. The maximum Gasteiger partial charge on any atom is 0.126 e. The van der Waals surface area contributed by atoms with Crippen LogP contribution < -0.4 is 5.32 Å². The monoisotopic (exact) mass is 264 g/mol. The van der Waals surface area contributed by atoms with Crippen molar-refractivity contribution in [3.63, 3.8) is 0 Å². The Morgan fingerprint density at radius 2 is 2.00 bits per heavy atom. The number of nitrogens with one attached hydrogen (secondary N) is 1. The first-order valence-corrected chi connectivity index (χ1v) is 7.41. The number of piperidine rings is 1. The highest BCUT2D eigenvalue weighted by Gasteiger charge is 2.19. The lowest BCUT2D eigenvalue weighted by molar-refractivity contribution is 0.200. The second-order valence-electron chi connectivity index (χ2n) is 5.57. The zero-order valence-electron chi connectivity index (χ0n) is 12.0. The van der Waals surface area contributed by atoms with Crippen molar-refractivity contribution in [3.05, 3.63) is 35.6 Å². The van der Waals surface area contributed by atoms with Crippen molar-refractivity contribution >= 4 is 0 Å². The van der Waals surface area contributed by atoms with Crippen LogP contribution in [0.5, 0.6) is 0 Å². The maximum atomic E-state index is 13.6. The quantitative estimate of drug-likeness (QED) is 0.880. The molecule has 0 radical (unpaired) electrons. The van der Waals surface area contributed by atoms with Crippen LogP contribution in [-0.2, 0) is 6.42 Å². The molecule has 1 N–H and O–H groups in total. The molecule has 0 saturated carbocycles. The van der Waals surface area contributed by atoms with Crippen molar-refractivity contribution in [1.29, 1.82) is 0 Å². The second-order valence-corrected chi connectivity index (χ2v) is 5.57. The Kier molecular flexibility index (Phi) is 5.34. The lowest BCUT2D eigenvalue weighted by atomic mass is 10.0. The first-order valence-electron chi connectivity index (χ1n) is 7.41. The highest BCUT2D eigenvalue weighted by Crippen LogP contribution is 2.13. The topological polar surface area (TPSA) is 15.3 Å². The van der Waals surface area contributed by atoms with E-state index in [1.54, 1.807) is 12.1 Å². The summed E-state index contributed by atoms with van der Waals surface area (Å²) in [5.74, 6) is -0.0862. The lowest BCUT2D eigenvalue weighted by Gasteiger charge is -2.33. The van der Waals surface area contributed by atoms with Crippen LogP contribution in [-0.4, -0.2) is 36.6 Å². The van der Waals surface area contributed by atoms with Crippen LogP contribution >= 0.6 is 0 Å². The van der Waals surface area contributed by atoms with Gasteiger partial charge in [0.2, 0.25) is 0 Å². The van der Waals surface area contributed by atoms with E-state index in [9.17, 15) is 4.39 Å². The van der Waals surface area contributed by atoms with Gasteiger partial charge in [-0.15, -0.1) is 0 Å². The molecule has 1 atom stereocenters. The summed E-state index contributed by atoms with van der Waals surface area (Å²) in [5.41, 5.74) is 0.813. The van der Waals surface area contributed by atoms with Crippen molar-refractivity contribution < 1.29 is 4.39 Å². The van der Waals surface area contributed by atoms with Gasteiger partial charge in [0.1, 0.15) is 5.82 Å². The predicted molar refractivity (Wildman–Crippen MR) is 77.8 cm³/mol. The number of hydrogen-bond acceptors (Lipinski definition) is 2. The van der Waals surface area contributed by atoms with Gasteiger partial charge < -0.3 is 10.2 Å². The van der Waals surface area contributed by atoms with E-state index in [0.29, 0.717) is 12.1 Å². The van der Waals surface area contributed by atoms with Gasteiger partial charge in [-0.25, -0.2) is 4.39 Å². The number of nitrogens with zero attached hydrogens (tertiary/aromatic N) is 1. The minimum Gasteiger partial charge on any atom is -0.311 e. The molecule has 3 heteroatoms. The first kappa shape index (κ1) is 14.5. The zero-order chi connectivity index (χ0) is 13.7. The lowest BCUT2D eigenvalue weighted by Crippen LogP contribution is -2.45. The molecule has 1 aliphatic heterocycles. The van der Waals surface area contributed by atoms with E-state index in [1.807, 2.05) is 12.1 Å².